The summed E-state index contributed by atoms with van der Waals surface area (Å²) in [6.45, 7) is 11.7. The molecule has 0 saturated heterocycles. The van der Waals surface area contributed by atoms with E-state index in [1.54, 1.807) is 0 Å². The highest BCUT2D eigenvalue weighted by molar-refractivity contribution is 7.47. The van der Waals surface area contributed by atoms with Crippen LogP contribution in [0, 0.1) is 17.8 Å². The van der Waals surface area contributed by atoms with Crippen molar-refractivity contribution in [1.82, 2.24) is 0 Å². The van der Waals surface area contributed by atoms with Crippen LogP contribution < -0.4 is 0 Å². The number of ether oxygens (including phenoxy) is 4. The molecule has 3 unspecified atom stereocenters. The van der Waals surface area contributed by atoms with E-state index in [1.165, 1.54) is 128 Å². The molecule has 19 heteroatoms. The minimum absolute atomic E-state index is 0.102. The second-order valence-electron chi connectivity index (χ2n) is 25.1. The van der Waals surface area contributed by atoms with Gasteiger partial charge in [0.15, 0.2) is 12.2 Å². The minimum Gasteiger partial charge on any atom is -0.462 e. The second-order valence-corrected chi connectivity index (χ2v) is 28.0. The first-order chi connectivity index (χ1) is 40.8. The van der Waals surface area contributed by atoms with Gasteiger partial charge in [-0.3, -0.25) is 37.3 Å². The molecule has 85 heavy (non-hydrogen) atoms. The first-order valence-corrected chi connectivity index (χ1v) is 37.4. The Bertz CT molecular complexity index is 1680. The van der Waals surface area contributed by atoms with Crippen LogP contribution >= 0.6 is 15.6 Å². The SMILES string of the molecule is CCCCCCCCCCCCCCC(=O)OC[C@H](COP(=O)(O)OC[C@@H](O)COP(=O)(O)OC[C@@H](COC(=O)CCCCCCCCC(C)C)OC(=O)CCCCCCCCC(C)CC)OC(=O)CCCCCCCCCCCCCC(C)C. The molecule has 3 N–H and O–H groups in total. The molecule has 6 atom stereocenters. The summed E-state index contributed by atoms with van der Waals surface area (Å²) in [5.41, 5.74) is 0. The third kappa shape index (κ3) is 59.5. The van der Waals surface area contributed by atoms with Crippen molar-refractivity contribution in [3.05, 3.63) is 0 Å². The maximum atomic E-state index is 13.0. The van der Waals surface area contributed by atoms with E-state index < -0.39 is 97.5 Å². The molecule has 0 aromatic rings. The van der Waals surface area contributed by atoms with Crippen LogP contribution in [0.1, 0.15) is 325 Å². The molecule has 0 heterocycles. The van der Waals surface area contributed by atoms with Crippen molar-refractivity contribution < 1.29 is 80.2 Å². The Morgan fingerprint density at radius 2 is 0.600 bits per heavy atom. The van der Waals surface area contributed by atoms with Gasteiger partial charge in [0, 0.05) is 25.7 Å². The van der Waals surface area contributed by atoms with Crippen molar-refractivity contribution in [2.24, 2.45) is 17.8 Å². The quantitative estimate of drug-likeness (QED) is 0.0222. The molecule has 0 saturated carbocycles. The second kappa shape index (κ2) is 57.2. The van der Waals surface area contributed by atoms with Gasteiger partial charge in [-0.25, -0.2) is 9.13 Å². The Labute approximate surface area is 517 Å². The topological polar surface area (TPSA) is 237 Å². The summed E-state index contributed by atoms with van der Waals surface area (Å²) in [6.07, 6.45) is 39.1. The fourth-order valence-electron chi connectivity index (χ4n) is 9.80. The number of esters is 4. The smallest absolute Gasteiger partial charge is 0.462 e. The molecule has 0 aliphatic heterocycles. The van der Waals surface area contributed by atoms with E-state index >= 15 is 0 Å². The van der Waals surface area contributed by atoms with Gasteiger partial charge in [0.05, 0.1) is 26.4 Å². The molecule has 504 valence electrons. The lowest BCUT2D eigenvalue weighted by atomic mass is 10.00. The van der Waals surface area contributed by atoms with E-state index in [-0.39, 0.29) is 25.7 Å². The van der Waals surface area contributed by atoms with Gasteiger partial charge < -0.3 is 33.8 Å². The number of unbranched alkanes of at least 4 members (excludes halogenated alkanes) is 31. The standard InChI is InChI=1S/C66H128O17P2/c1-8-10-11-12-13-14-15-18-21-24-33-40-47-63(68)76-53-61(82-65(70)49-42-35-25-22-19-16-17-20-23-30-37-44-57(3)4)55-80-84(72,73)78-51-60(67)52-79-85(74,75)81-56-62(54-77-64(69)48-41-34-28-26-31-38-45-58(5)6)83-66(71)50-43-36-29-27-32-39-46-59(7)9-2/h57-62,67H,8-56H2,1-7H3,(H,72,73)(H,74,75)/t59?,60-,61-,62-/m1/s1. The van der Waals surface area contributed by atoms with Crippen LogP contribution in [-0.2, 0) is 65.4 Å². The van der Waals surface area contributed by atoms with E-state index in [9.17, 15) is 43.2 Å². The van der Waals surface area contributed by atoms with Crippen molar-refractivity contribution in [2.45, 2.75) is 343 Å². The Morgan fingerprint density at radius 3 is 0.894 bits per heavy atom. The van der Waals surface area contributed by atoms with E-state index in [0.29, 0.717) is 31.6 Å². The number of hydrogen-bond acceptors (Lipinski definition) is 15. The third-order valence-corrected chi connectivity index (χ3v) is 17.4. The molecule has 0 aromatic heterocycles. The first kappa shape index (κ1) is 83.1. The van der Waals surface area contributed by atoms with Gasteiger partial charge in [-0.2, -0.15) is 0 Å². The zero-order valence-corrected chi connectivity index (χ0v) is 56.9. The predicted molar refractivity (Wildman–Crippen MR) is 340 cm³/mol. The Balaban J connectivity index is 5.25. The lowest BCUT2D eigenvalue weighted by molar-refractivity contribution is -0.161. The van der Waals surface area contributed by atoms with E-state index in [4.69, 9.17) is 37.0 Å². The molecule has 0 radical (unpaired) electrons. The lowest BCUT2D eigenvalue weighted by Gasteiger charge is -2.21. The largest absolute Gasteiger partial charge is 0.472 e. The molecule has 0 spiro atoms. The molecule has 0 rings (SSSR count). The summed E-state index contributed by atoms with van der Waals surface area (Å²) >= 11 is 0. The summed E-state index contributed by atoms with van der Waals surface area (Å²) in [5, 5.41) is 10.5. The lowest BCUT2D eigenvalue weighted by Crippen LogP contribution is -2.30. The number of carbonyl (C=O) groups excluding carboxylic acids is 4. The van der Waals surface area contributed by atoms with Gasteiger partial charge in [-0.05, 0) is 43.4 Å². The molecule has 17 nitrogen and oxygen atoms in total. The molecule has 0 amide bonds. The highest BCUT2D eigenvalue weighted by atomic mass is 31.2. The van der Waals surface area contributed by atoms with Crippen molar-refractivity contribution in [1.29, 1.82) is 0 Å². The minimum atomic E-state index is -4.95. The normalized spacial score (nSPS) is 14.6. The Morgan fingerprint density at radius 1 is 0.341 bits per heavy atom. The maximum Gasteiger partial charge on any atom is 0.472 e. The van der Waals surface area contributed by atoms with Crippen LogP contribution in [0.2, 0.25) is 0 Å². The van der Waals surface area contributed by atoms with Crippen molar-refractivity contribution >= 4 is 39.5 Å². The third-order valence-electron chi connectivity index (χ3n) is 15.5. The molecule has 0 aliphatic rings. The van der Waals surface area contributed by atoms with Crippen molar-refractivity contribution in [2.75, 3.05) is 39.6 Å². The van der Waals surface area contributed by atoms with Crippen molar-refractivity contribution in [3.8, 4) is 0 Å². The number of hydrogen-bond donors (Lipinski definition) is 3. The number of aliphatic hydroxyl groups is 1. The van der Waals surface area contributed by atoms with E-state index in [2.05, 4.69) is 48.5 Å². The molecule has 0 aromatic carbocycles. The zero-order chi connectivity index (χ0) is 63.1. The van der Waals surface area contributed by atoms with Crippen LogP contribution in [0.4, 0.5) is 0 Å². The highest BCUT2D eigenvalue weighted by Crippen LogP contribution is 2.45. The summed E-state index contributed by atoms with van der Waals surface area (Å²) < 4.78 is 68.1. The fraction of sp³-hybridized carbons (Fsp3) is 0.939. The number of phosphoric acid groups is 2. The molecule has 0 bridgehead atoms. The summed E-state index contributed by atoms with van der Waals surface area (Å²) in [7, 11) is -9.89. The number of aliphatic hydroxyl groups excluding tert-OH is 1. The maximum absolute atomic E-state index is 13.0. The van der Waals surface area contributed by atoms with E-state index in [1.807, 2.05) is 0 Å². The monoisotopic (exact) mass is 1250 g/mol. The average Bonchev–Trinajstić information content (AvgIpc) is 3.61. The van der Waals surface area contributed by atoms with Crippen LogP contribution in [0.15, 0.2) is 0 Å². The predicted octanol–water partition coefficient (Wildman–Crippen LogP) is 18.3. The number of rotatable bonds is 64. The van der Waals surface area contributed by atoms with Gasteiger partial charge in [0.1, 0.15) is 19.3 Å². The molecular weight excluding hydrogens is 1130 g/mol. The number of carbonyl (C=O) groups is 4. The first-order valence-electron chi connectivity index (χ1n) is 34.4. The van der Waals surface area contributed by atoms with Gasteiger partial charge >= 0.3 is 39.5 Å². The van der Waals surface area contributed by atoms with Crippen molar-refractivity contribution in [3.63, 3.8) is 0 Å². The van der Waals surface area contributed by atoms with E-state index in [0.717, 1.165) is 108 Å². The molecule has 0 fully saturated rings. The summed E-state index contributed by atoms with van der Waals surface area (Å²) in [6, 6.07) is 0. The highest BCUT2D eigenvalue weighted by Gasteiger charge is 2.30. The van der Waals surface area contributed by atoms with Crippen LogP contribution in [0.5, 0.6) is 0 Å². The Kier molecular flexibility index (Phi) is 55.9. The van der Waals surface area contributed by atoms with Crippen LogP contribution in [0.3, 0.4) is 0 Å². The van der Waals surface area contributed by atoms with Gasteiger partial charge in [0.2, 0.25) is 0 Å². The van der Waals surface area contributed by atoms with Crippen LogP contribution in [0.25, 0.3) is 0 Å². The zero-order valence-electron chi connectivity index (χ0n) is 55.1. The Hall–Kier alpha value is -1.94. The molecular formula is C66H128O17P2. The fourth-order valence-corrected chi connectivity index (χ4v) is 11.4. The van der Waals surface area contributed by atoms with Gasteiger partial charge in [0.25, 0.3) is 0 Å². The average molecular weight is 1260 g/mol. The van der Waals surface area contributed by atoms with Gasteiger partial charge in [-0.15, -0.1) is 0 Å². The molecule has 0 aliphatic carbocycles. The van der Waals surface area contributed by atoms with Crippen LogP contribution in [-0.4, -0.2) is 96.7 Å². The summed E-state index contributed by atoms with van der Waals surface area (Å²) in [5.74, 6) is 0.0290. The number of phosphoric ester groups is 2. The summed E-state index contributed by atoms with van der Waals surface area (Å²) in [4.78, 5) is 72.3. The van der Waals surface area contributed by atoms with Gasteiger partial charge in [-0.1, -0.05) is 273 Å².